The second-order valence-corrected chi connectivity index (χ2v) is 8.46. The topological polar surface area (TPSA) is 56.4 Å². The van der Waals surface area contributed by atoms with Crippen LogP contribution in [0.4, 0.5) is 0 Å². The fourth-order valence-electron chi connectivity index (χ4n) is 4.66. The van der Waals surface area contributed by atoms with E-state index in [1.54, 1.807) is 15.9 Å². The van der Waals surface area contributed by atoms with Crippen LogP contribution in [0, 0.1) is 0 Å². The van der Waals surface area contributed by atoms with Crippen LogP contribution < -0.4 is 0 Å². The Morgan fingerprint density at radius 2 is 2.00 bits per heavy atom. The minimum absolute atomic E-state index is 0.0135. The van der Waals surface area contributed by atoms with Crippen molar-refractivity contribution >= 4 is 38.6 Å². The van der Waals surface area contributed by atoms with Gasteiger partial charge in [0.05, 0.1) is 6.04 Å². The number of piperazine rings is 1. The molecule has 1 fully saturated rings. The number of rotatable bonds is 3. The van der Waals surface area contributed by atoms with E-state index < -0.39 is 6.04 Å². The molecule has 2 aromatic carbocycles. The van der Waals surface area contributed by atoms with Crippen LogP contribution in [0.3, 0.4) is 0 Å². The van der Waals surface area contributed by atoms with Crippen molar-refractivity contribution in [3.05, 3.63) is 82.5 Å². The third-order valence-corrected chi connectivity index (χ3v) is 6.35. The predicted octanol–water partition coefficient (Wildman–Crippen LogP) is 3.80. The Bertz CT molecular complexity index is 1150. The molecule has 3 heterocycles. The van der Waals surface area contributed by atoms with Gasteiger partial charge in [-0.05, 0) is 29.3 Å². The molecule has 0 bridgehead atoms. The van der Waals surface area contributed by atoms with Crippen LogP contribution in [0.15, 0.2) is 65.7 Å². The summed E-state index contributed by atoms with van der Waals surface area (Å²) in [5.41, 5.74) is 4.13. The summed E-state index contributed by atoms with van der Waals surface area (Å²) in [7, 11) is 0. The molecule has 0 unspecified atom stereocenters. The molecule has 1 N–H and O–H groups in total. The van der Waals surface area contributed by atoms with E-state index in [2.05, 4.69) is 33.6 Å². The fraction of sp³-hybridized carbons (Fsp3) is 0.217. The van der Waals surface area contributed by atoms with Crippen molar-refractivity contribution in [2.75, 3.05) is 13.1 Å². The molecule has 0 spiro atoms. The Kier molecular flexibility index (Phi) is 4.32. The number of carbonyl (C=O) groups is 2. The SMILES string of the molecule is C=CCN1CC(=O)N2[C@H](c3cccc(Br)c3)c3[nH]c4ccccc4c3C[C@H]2C1=O. The number of hydrogen-bond donors (Lipinski definition) is 1. The van der Waals surface area contributed by atoms with E-state index in [4.69, 9.17) is 0 Å². The van der Waals surface area contributed by atoms with Crippen LogP contribution in [-0.4, -0.2) is 45.7 Å². The first-order chi connectivity index (χ1) is 14.1. The van der Waals surface area contributed by atoms with E-state index in [1.807, 2.05) is 42.5 Å². The number of hydrogen-bond acceptors (Lipinski definition) is 2. The number of aromatic amines is 1. The van der Waals surface area contributed by atoms with Gasteiger partial charge in [-0.1, -0.05) is 52.3 Å². The van der Waals surface area contributed by atoms with Gasteiger partial charge in [-0.25, -0.2) is 0 Å². The van der Waals surface area contributed by atoms with Crippen molar-refractivity contribution in [3.8, 4) is 0 Å². The van der Waals surface area contributed by atoms with E-state index in [-0.39, 0.29) is 24.4 Å². The number of nitrogens with zero attached hydrogens (tertiary/aromatic N) is 2. The fourth-order valence-corrected chi connectivity index (χ4v) is 5.07. The Hall–Kier alpha value is -2.86. The van der Waals surface area contributed by atoms with E-state index >= 15 is 0 Å². The van der Waals surface area contributed by atoms with Crippen molar-refractivity contribution < 1.29 is 9.59 Å². The van der Waals surface area contributed by atoms with E-state index in [0.717, 1.165) is 32.2 Å². The molecular formula is C23H20BrN3O2. The summed E-state index contributed by atoms with van der Waals surface area (Å²) >= 11 is 3.55. The van der Waals surface area contributed by atoms with Gasteiger partial charge in [-0.2, -0.15) is 0 Å². The first kappa shape index (κ1) is 18.2. The maximum atomic E-state index is 13.3. The number of aromatic nitrogens is 1. The third kappa shape index (κ3) is 2.82. The number of H-pyrrole nitrogens is 1. The molecule has 2 aliphatic heterocycles. The van der Waals surface area contributed by atoms with Crippen molar-refractivity contribution in [1.82, 2.24) is 14.8 Å². The molecule has 2 amide bonds. The lowest BCUT2D eigenvalue weighted by Crippen LogP contribution is -2.62. The van der Waals surface area contributed by atoms with Gasteiger partial charge in [-0.15, -0.1) is 6.58 Å². The van der Waals surface area contributed by atoms with Gasteiger partial charge in [0, 0.05) is 34.0 Å². The number of nitrogens with one attached hydrogen (secondary N) is 1. The van der Waals surface area contributed by atoms with Crippen LogP contribution in [0.2, 0.25) is 0 Å². The number of amides is 2. The second kappa shape index (κ2) is 6.88. The minimum Gasteiger partial charge on any atom is -0.356 e. The van der Waals surface area contributed by atoms with E-state index in [9.17, 15) is 9.59 Å². The Labute approximate surface area is 177 Å². The van der Waals surface area contributed by atoms with Crippen LogP contribution in [-0.2, 0) is 16.0 Å². The highest BCUT2D eigenvalue weighted by Gasteiger charge is 2.47. The van der Waals surface area contributed by atoms with Crippen molar-refractivity contribution in [3.63, 3.8) is 0 Å². The van der Waals surface area contributed by atoms with Crippen molar-refractivity contribution in [1.29, 1.82) is 0 Å². The van der Waals surface area contributed by atoms with Gasteiger partial charge in [-0.3, -0.25) is 9.59 Å². The highest BCUT2D eigenvalue weighted by atomic mass is 79.9. The van der Waals surface area contributed by atoms with E-state index in [0.29, 0.717) is 13.0 Å². The molecule has 5 nitrogen and oxygen atoms in total. The monoisotopic (exact) mass is 449 g/mol. The van der Waals surface area contributed by atoms with Crippen molar-refractivity contribution in [2.45, 2.75) is 18.5 Å². The molecule has 0 radical (unpaired) electrons. The zero-order chi connectivity index (χ0) is 20.1. The molecule has 0 aliphatic carbocycles. The number of para-hydroxylation sites is 1. The second-order valence-electron chi connectivity index (χ2n) is 7.55. The van der Waals surface area contributed by atoms with Gasteiger partial charge in [0.2, 0.25) is 11.8 Å². The predicted molar refractivity (Wildman–Crippen MR) is 115 cm³/mol. The van der Waals surface area contributed by atoms with Gasteiger partial charge in [0.25, 0.3) is 0 Å². The molecule has 1 saturated heterocycles. The third-order valence-electron chi connectivity index (χ3n) is 5.86. The average molecular weight is 450 g/mol. The number of carbonyl (C=O) groups excluding carboxylic acids is 2. The molecule has 2 atom stereocenters. The van der Waals surface area contributed by atoms with Crippen LogP contribution >= 0.6 is 15.9 Å². The molecule has 3 aromatic rings. The van der Waals surface area contributed by atoms with Crippen LogP contribution in [0.1, 0.15) is 22.9 Å². The first-order valence-electron chi connectivity index (χ1n) is 9.64. The molecule has 2 aliphatic rings. The molecule has 6 heteroatoms. The zero-order valence-corrected chi connectivity index (χ0v) is 17.4. The summed E-state index contributed by atoms with van der Waals surface area (Å²) in [6, 6.07) is 15.3. The summed E-state index contributed by atoms with van der Waals surface area (Å²) in [5.74, 6) is -0.0499. The number of benzene rings is 2. The summed E-state index contributed by atoms with van der Waals surface area (Å²) in [5, 5.41) is 1.11. The largest absolute Gasteiger partial charge is 0.356 e. The van der Waals surface area contributed by atoms with E-state index in [1.165, 1.54) is 0 Å². The highest BCUT2D eigenvalue weighted by molar-refractivity contribution is 9.10. The summed E-state index contributed by atoms with van der Waals surface area (Å²) in [6.45, 7) is 4.20. The number of fused-ring (bicyclic) bond motifs is 4. The zero-order valence-electron chi connectivity index (χ0n) is 15.8. The lowest BCUT2D eigenvalue weighted by molar-refractivity contribution is -0.158. The lowest BCUT2D eigenvalue weighted by Gasteiger charge is -2.47. The van der Waals surface area contributed by atoms with Crippen LogP contribution in [0.5, 0.6) is 0 Å². The maximum absolute atomic E-state index is 13.3. The lowest BCUT2D eigenvalue weighted by atomic mass is 9.86. The Balaban J connectivity index is 1.73. The average Bonchev–Trinajstić information content (AvgIpc) is 3.09. The normalized spacial score (nSPS) is 21.3. The molecule has 0 saturated carbocycles. The number of halogens is 1. The quantitative estimate of drug-likeness (QED) is 0.618. The van der Waals surface area contributed by atoms with Crippen LogP contribution in [0.25, 0.3) is 10.9 Å². The summed E-state index contributed by atoms with van der Waals surface area (Å²) < 4.78 is 0.943. The maximum Gasteiger partial charge on any atom is 0.246 e. The standard InChI is InChI=1S/C23H20BrN3O2/c1-2-10-26-13-20(28)27-19(23(26)29)12-17-16-8-3-4-9-18(16)25-21(17)22(27)14-6-5-7-15(24)11-14/h2-9,11,19,22,25H,1,10,12-13H2/t19-,22+/m0/s1. The van der Waals surface area contributed by atoms with Gasteiger partial charge in [0.1, 0.15) is 12.6 Å². The molecule has 146 valence electrons. The van der Waals surface area contributed by atoms with Gasteiger partial charge < -0.3 is 14.8 Å². The summed E-state index contributed by atoms with van der Waals surface area (Å²) in [4.78, 5) is 33.4. The Morgan fingerprint density at radius 3 is 2.79 bits per heavy atom. The molecule has 5 rings (SSSR count). The Morgan fingerprint density at radius 1 is 1.17 bits per heavy atom. The van der Waals surface area contributed by atoms with Crippen molar-refractivity contribution in [2.24, 2.45) is 0 Å². The molecule has 1 aromatic heterocycles. The first-order valence-corrected chi connectivity index (χ1v) is 10.4. The van der Waals surface area contributed by atoms with Gasteiger partial charge in [0.15, 0.2) is 0 Å². The minimum atomic E-state index is -0.508. The smallest absolute Gasteiger partial charge is 0.246 e. The highest BCUT2D eigenvalue weighted by Crippen LogP contribution is 2.42. The molecular weight excluding hydrogens is 430 g/mol. The molecule has 29 heavy (non-hydrogen) atoms. The summed E-state index contributed by atoms with van der Waals surface area (Å²) in [6.07, 6.45) is 2.19. The van der Waals surface area contributed by atoms with Gasteiger partial charge >= 0.3 is 0 Å².